The molecule has 0 radical (unpaired) electrons. The molecule has 4 nitrogen and oxygen atoms in total. The maximum absolute atomic E-state index is 12.2. The first-order chi connectivity index (χ1) is 12.1. The Morgan fingerprint density at radius 2 is 1.68 bits per heavy atom. The largest absolute Gasteiger partial charge is 0.449 e. The molecule has 1 amide bonds. The highest BCUT2D eigenvalue weighted by molar-refractivity contribution is 5.79. The molecule has 0 bridgehead atoms. The zero-order valence-corrected chi connectivity index (χ0v) is 14.5. The van der Waals surface area contributed by atoms with Crippen molar-refractivity contribution in [3.05, 3.63) is 59.7 Å². The van der Waals surface area contributed by atoms with E-state index < -0.39 is 6.09 Å². The molecule has 0 heterocycles. The highest BCUT2D eigenvalue weighted by atomic mass is 16.5. The average molecular weight is 334 g/mol. The molecule has 128 valence electrons. The number of ether oxygens (including phenoxy) is 1. The lowest BCUT2D eigenvalue weighted by Gasteiger charge is -2.20. The van der Waals surface area contributed by atoms with Gasteiger partial charge in [0, 0.05) is 12.0 Å². The summed E-state index contributed by atoms with van der Waals surface area (Å²) in [4.78, 5) is 12.2. The number of nitrogens with one attached hydrogen (secondary N) is 1. The van der Waals surface area contributed by atoms with E-state index in [4.69, 9.17) is 10.00 Å². The number of nitrogens with zero attached hydrogens (tertiary/aromatic N) is 1. The minimum atomic E-state index is -0.462. The molecule has 0 saturated carbocycles. The van der Waals surface area contributed by atoms with E-state index in [9.17, 15) is 4.79 Å². The van der Waals surface area contributed by atoms with Crippen molar-refractivity contribution in [2.75, 3.05) is 6.61 Å². The van der Waals surface area contributed by atoms with E-state index in [0.717, 1.165) is 0 Å². The fourth-order valence-corrected chi connectivity index (χ4v) is 3.34. The van der Waals surface area contributed by atoms with Gasteiger partial charge in [-0.3, -0.25) is 0 Å². The molecule has 1 N–H and O–H groups in total. The van der Waals surface area contributed by atoms with Crippen molar-refractivity contribution < 1.29 is 9.53 Å². The predicted octanol–water partition coefficient (Wildman–Crippen LogP) is 4.46. The van der Waals surface area contributed by atoms with E-state index in [0.29, 0.717) is 0 Å². The zero-order valence-electron chi connectivity index (χ0n) is 14.5. The Morgan fingerprint density at radius 3 is 2.20 bits per heavy atom. The molecular formula is C21H22N2O2. The third-order valence-corrected chi connectivity index (χ3v) is 4.76. The third-order valence-electron chi connectivity index (χ3n) is 4.76. The van der Waals surface area contributed by atoms with Crippen LogP contribution in [0.4, 0.5) is 4.79 Å². The van der Waals surface area contributed by atoms with Crippen molar-refractivity contribution in [2.45, 2.75) is 32.2 Å². The summed E-state index contributed by atoms with van der Waals surface area (Å²) in [5.41, 5.74) is 4.79. The van der Waals surface area contributed by atoms with Crippen molar-refractivity contribution in [3.8, 4) is 17.2 Å². The fraction of sp³-hybridized carbons (Fsp3) is 0.333. The molecule has 0 aliphatic heterocycles. The maximum atomic E-state index is 12.2. The minimum Gasteiger partial charge on any atom is -0.449 e. The second-order valence-electron chi connectivity index (χ2n) is 6.68. The summed E-state index contributed by atoms with van der Waals surface area (Å²) in [7, 11) is 0. The monoisotopic (exact) mass is 334 g/mol. The quantitative estimate of drug-likeness (QED) is 0.878. The number of carbonyl (C=O) groups excluding carboxylic acids is 1. The number of rotatable bonds is 5. The van der Waals surface area contributed by atoms with Crippen molar-refractivity contribution >= 4 is 6.09 Å². The topological polar surface area (TPSA) is 62.1 Å². The Kier molecular flexibility index (Phi) is 5.04. The van der Waals surface area contributed by atoms with Crippen LogP contribution in [0.2, 0.25) is 0 Å². The van der Waals surface area contributed by atoms with Gasteiger partial charge in [-0.05, 0) is 28.2 Å². The van der Waals surface area contributed by atoms with Gasteiger partial charge < -0.3 is 10.1 Å². The third kappa shape index (κ3) is 3.51. The highest BCUT2D eigenvalue weighted by Crippen LogP contribution is 2.44. The van der Waals surface area contributed by atoms with E-state index in [1.807, 2.05) is 38.1 Å². The Morgan fingerprint density at radius 1 is 1.12 bits per heavy atom. The van der Waals surface area contributed by atoms with E-state index >= 15 is 0 Å². The van der Waals surface area contributed by atoms with Gasteiger partial charge in [0.05, 0.1) is 12.5 Å². The Labute approximate surface area is 148 Å². The van der Waals surface area contributed by atoms with E-state index in [-0.39, 0.29) is 30.9 Å². The van der Waals surface area contributed by atoms with Gasteiger partial charge in [-0.1, -0.05) is 62.4 Å². The summed E-state index contributed by atoms with van der Waals surface area (Å²) in [6.07, 6.45) is -0.183. The Hall–Kier alpha value is -2.80. The lowest BCUT2D eigenvalue weighted by atomic mass is 9.98. The first-order valence-electron chi connectivity index (χ1n) is 8.60. The van der Waals surface area contributed by atoms with Crippen molar-refractivity contribution in [1.29, 1.82) is 5.26 Å². The van der Waals surface area contributed by atoms with Crippen LogP contribution in [-0.2, 0) is 4.74 Å². The van der Waals surface area contributed by atoms with Crippen LogP contribution in [0.5, 0.6) is 0 Å². The highest BCUT2D eigenvalue weighted by Gasteiger charge is 2.29. The smallest absolute Gasteiger partial charge is 0.407 e. The van der Waals surface area contributed by atoms with E-state index in [2.05, 4.69) is 35.7 Å². The van der Waals surface area contributed by atoms with Crippen LogP contribution in [0.1, 0.15) is 37.3 Å². The summed E-state index contributed by atoms with van der Waals surface area (Å²) in [6.45, 7) is 4.24. The first-order valence-corrected chi connectivity index (χ1v) is 8.60. The van der Waals surface area contributed by atoms with Crippen LogP contribution in [0.15, 0.2) is 48.5 Å². The van der Waals surface area contributed by atoms with Crippen molar-refractivity contribution in [2.24, 2.45) is 5.92 Å². The fourth-order valence-electron chi connectivity index (χ4n) is 3.34. The van der Waals surface area contributed by atoms with Gasteiger partial charge >= 0.3 is 6.09 Å². The van der Waals surface area contributed by atoms with Gasteiger partial charge in [0.1, 0.15) is 6.61 Å². The Balaban J connectivity index is 1.71. The van der Waals surface area contributed by atoms with Crippen molar-refractivity contribution in [3.63, 3.8) is 0 Å². The number of benzene rings is 2. The number of amides is 1. The SMILES string of the molecule is CC(C)[C@@H](CC#N)NC(=O)OCC1c2ccccc2-c2ccccc21. The number of hydrogen-bond acceptors (Lipinski definition) is 3. The summed E-state index contributed by atoms with van der Waals surface area (Å²) < 4.78 is 5.51. The molecule has 1 atom stereocenters. The van der Waals surface area contributed by atoms with E-state index in [1.54, 1.807) is 0 Å². The molecule has 0 aromatic heterocycles. The van der Waals surface area contributed by atoms with Crippen LogP contribution in [-0.4, -0.2) is 18.7 Å². The minimum absolute atomic E-state index is 0.0478. The molecule has 1 aliphatic carbocycles. The molecule has 2 aromatic carbocycles. The molecule has 0 unspecified atom stereocenters. The van der Waals surface area contributed by atoms with Crippen LogP contribution in [0, 0.1) is 17.2 Å². The molecule has 1 aliphatic rings. The molecule has 4 heteroatoms. The molecular weight excluding hydrogens is 312 g/mol. The van der Waals surface area contributed by atoms with E-state index in [1.165, 1.54) is 22.3 Å². The number of hydrogen-bond donors (Lipinski definition) is 1. The maximum Gasteiger partial charge on any atom is 0.407 e. The molecule has 2 aromatic rings. The Bertz CT molecular complexity index is 762. The van der Waals surface area contributed by atoms with Gasteiger partial charge in [0.25, 0.3) is 0 Å². The molecule has 0 saturated heterocycles. The predicted molar refractivity (Wildman–Crippen MR) is 97.1 cm³/mol. The second kappa shape index (κ2) is 7.40. The van der Waals surface area contributed by atoms with Crippen LogP contribution in [0.3, 0.4) is 0 Å². The number of carbonyl (C=O) groups is 1. The first kappa shape index (κ1) is 17.0. The number of nitriles is 1. The summed E-state index contributed by atoms with van der Waals surface area (Å²) in [6, 6.07) is 18.4. The summed E-state index contributed by atoms with van der Waals surface area (Å²) in [5.74, 6) is 0.228. The lowest BCUT2D eigenvalue weighted by Crippen LogP contribution is -2.39. The second-order valence-corrected chi connectivity index (χ2v) is 6.68. The van der Waals surface area contributed by atoms with Gasteiger partial charge in [-0.25, -0.2) is 4.79 Å². The van der Waals surface area contributed by atoms with Crippen LogP contribution >= 0.6 is 0 Å². The summed E-state index contributed by atoms with van der Waals surface area (Å²) >= 11 is 0. The van der Waals surface area contributed by atoms with Crippen LogP contribution in [0.25, 0.3) is 11.1 Å². The van der Waals surface area contributed by atoms with Gasteiger partial charge in [0.2, 0.25) is 0 Å². The molecule has 25 heavy (non-hydrogen) atoms. The normalized spacial score (nSPS) is 13.7. The van der Waals surface area contributed by atoms with Crippen LogP contribution < -0.4 is 5.32 Å². The van der Waals surface area contributed by atoms with Crippen molar-refractivity contribution in [1.82, 2.24) is 5.32 Å². The number of fused-ring (bicyclic) bond motifs is 3. The molecule has 0 spiro atoms. The average Bonchev–Trinajstić information content (AvgIpc) is 2.93. The van der Waals surface area contributed by atoms with Gasteiger partial charge in [-0.15, -0.1) is 0 Å². The standard InChI is InChI=1S/C21H22N2O2/c1-14(2)20(11-12-22)23-21(24)25-13-19-17-9-5-3-7-15(17)16-8-4-6-10-18(16)19/h3-10,14,19-20H,11,13H2,1-2H3,(H,23,24)/t20-/m1/s1. The summed E-state index contributed by atoms with van der Waals surface area (Å²) in [5, 5.41) is 11.7. The number of alkyl carbamates (subject to hydrolysis) is 1. The van der Waals surface area contributed by atoms with Gasteiger partial charge in [0.15, 0.2) is 0 Å². The molecule has 3 rings (SSSR count). The van der Waals surface area contributed by atoms with Gasteiger partial charge in [-0.2, -0.15) is 5.26 Å². The lowest BCUT2D eigenvalue weighted by molar-refractivity contribution is 0.136. The zero-order chi connectivity index (χ0) is 17.8. The molecule has 0 fully saturated rings.